The van der Waals surface area contributed by atoms with E-state index >= 15 is 0 Å². The third kappa shape index (κ3) is 2.46. The number of carbonyl (C=O) groups excluding carboxylic acids is 1. The van der Waals surface area contributed by atoms with Gasteiger partial charge in [-0.2, -0.15) is 0 Å². The predicted molar refractivity (Wildman–Crippen MR) is 81.3 cm³/mol. The standard InChI is InChI=1S/C16H12FN3O2/c1-20-9-13(16(22)19-11-4-6-18-7-5-11)15(21)12-8-10(17)2-3-14(12)20/h2-9H,1H3,(H,18,19,22). The molecule has 5 nitrogen and oxygen atoms in total. The van der Waals surface area contributed by atoms with Crippen molar-refractivity contribution in [1.29, 1.82) is 0 Å². The van der Waals surface area contributed by atoms with Gasteiger partial charge in [0.15, 0.2) is 0 Å². The van der Waals surface area contributed by atoms with E-state index in [9.17, 15) is 14.0 Å². The van der Waals surface area contributed by atoms with Gasteiger partial charge in [0.2, 0.25) is 5.43 Å². The number of fused-ring (bicyclic) bond motifs is 1. The van der Waals surface area contributed by atoms with Crippen molar-refractivity contribution in [3.8, 4) is 0 Å². The van der Waals surface area contributed by atoms with Crippen molar-refractivity contribution >= 4 is 22.5 Å². The molecule has 2 aromatic heterocycles. The summed E-state index contributed by atoms with van der Waals surface area (Å²) < 4.78 is 15.0. The number of nitrogens with zero attached hydrogens (tertiary/aromatic N) is 2. The van der Waals surface area contributed by atoms with Gasteiger partial charge in [0.1, 0.15) is 11.4 Å². The molecule has 0 radical (unpaired) electrons. The Labute approximate surface area is 125 Å². The first kappa shape index (κ1) is 13.9. The molecule has 1 aromatic carbocycles. The normalized spacial score (nSPS) is 10.6. The second-order valence-electron chi connectivity index (χ2n) is 4.83. The van der Waals surface area contributed by atoms with Crippen molar-refractivity contribution in [3.63, 3.8) is 0 Å². The molecule has 2 heterocycles. The van der Waals surface area contributed by atoms with Crippen LogP contribution < -0.4 is 10.7 Å². The molecule has 0 spiro atoms. The van der Waals surface area contributed by atoms with Crippen LogP contribution in [-0.4, -0.2) is 15.5 Å². The number of nitrogens with one attached hydrogen (secondary N) is 1. The SMILES string of the molecule is Cn1cc(C(=O)Nc2ccncc2)c(=O)c2cc(F)ccc21. The van der Waals surface area contributed by atoms with Crippen molar-refractivity contribution in [1.82, 2.24) is 9.55 Å². The Morgan fingerprint density at radius 2 is 1.95 bits per heavy atom. The third-order valence-electron chi connectivity index (χ3n) is 3.33. The van der Waals surface area contributed by atoms with Gasteiger partial charge in [0.05, 0.1) is 5.52 Å². The lowest BCUT2D eigenvalue weighted by Gasteiger charge is -2.09. The number of hydrogen-bond acceptors (Lipinski definition) is 3. The van der Waals surface area contributed by atoms with E-state index in [1.54, 1.807) is 23.7 Å². The summed E-state index contributed by atoms with van der Waals surface area (Å²) in [6.07, 6.45) is 4.51. The van der Waals surface area contributed by atoms with Crippen LogP contribution in [0, 0.1) is 5.82 Å². The van der Waals surface area contributed by atoms with Gasteiger partial charge in [-0.25, -0.2) is 4.39 Å². The zero-order valence-corrected chi connectivity index (χ0v) is 11.7. The molecule has 6 heteroatoms. The van der Waals surface area contributed by atoms with Gasteiger partial charge >= 0.3 is 0 Å². The summed E-state index contributed by atoms with van der Waals surface area (Å²) in [5.41, 5.74) is 0.546. The lowest BCUT2D eigenvalue weighted by molar-refractivity contribution is 0.102. The molecule has 0 aliphatic carbocycles. The number of aromatic nitrogens is 2. The van der Waals surface area contributed by atoms with Crippen LogP contribution in [0.5, 0.6) is 0 Å². The monoisotopic (exact) mass is 297 g/mol. The van der Waals surface area contributed by atoms with Crippen LogP contribution in [0.1, 0.15) is 10.4 Å². The highest BCUT2D eigenvalue weighted by atomic mass is 19.1. The topological polar surface area (TPSA) is 64.0 Å². The number of benzene rings is 1. The zero-order valence-electron chi connectivity index (χ0n) is 11.7. The minimum atomic E-state index is -0.544. The first-order valence-corrected chi connectivity index (χ1v) is 6.56. The summed E-state index contributed by atoms with van der Waals surface area (Å²) >= 11 is 0. The average Bonchev–Trinajstić information content (AvgIpc) is 2.51. The van der Waals surface area contributed by atoms with E-state index in [2.05, 4.69) is 10.3 Å². The van der Waals surface area contributed by atoms with Crippen LogP contribution in [0.2, 0.25) is 0 Å². The van der Waals surface area contributed by atoms with Crippen LogP contribution in [0.3, 0.4) is 0 Å². The molecule has 0 atom stereocenters. The molecule has 3 rings (SSSR count). The summed E-state index contributed by atoms with van der Waals surface area (Å²) in [7, 11) is 1.70. The van der Waals surface area contributed by atoms with E-state index in [0.29, 0.717) is 11.2 Å². The van der Waals surface area contributed by atoms with Crippen molar-refractivity contribution in [2.75, 3.05) is 5.32 Å². The van der Waals surface area contributed by atoms with Crippen molar-refractivity contribution in [3.05, 3.63) is 70.5 Å². The van der Waals surface area contributed by atoms with E-state index in [1.807, 2.05) is 0 Å². The lowest BCUT2D eigenvalue weighted by Crippen LogP contribution is -2.23. The summed E-state index contributed by atoms with van der Waals surface area (Å²) in [6, 6.07) is 7.15. The maximum atomic E-state index is 13.4. The minimum Gasteiger partial charge on any atom is -0.350 e. The molecule has 0 bridgehead atoms. The molecule has 0 unspecified atom stereocenters. The fourth-order valence-corrected chi connectivity index (χ4v) is 2.26. The number of pyridine rings is 2. The van der Waals surface area contributed by atoms with Crippen molar-refractivity contribution in [2.24, 2.45) is 7.05 Å². The molecule has 3 aromatic rings. The van der Waals surface area contributed by atoms with Crippen LogP contribution in [0.15, 0.2) is 53.7 Å². The van der Waals surface area contributed by atoms with Gasteiger partial charge in [0.25, 0.3) is 5.91 Å². The number of aryl methyl sites for hydroxylation is 1. The molecule has 110 valence electrons. The summed E-state index contributed by atoms with van der Waals surface area (Å²) in [4.78, 5) is 28.5. The van der Waals surface area contributed by atoms with Gasteiger partial charge in [-0.05, 0) is 30.3 Å². The first-order valence-electron chi connectivity index (χ1n) is 6.56. The van der Waals surface area contributed by atoms with Crippen LogP contribution in [0.4, 0.5) is 10.1 Å². The molecule has 0 saturated heterocycles. The van der Waals surface area contributed by atoms with Crippen LogP contribution >= 0.6 is 0 Å². The molecule has 0 aliphatic rings. The molecule has 1 N–H and O–H groups in total. The van der Waals surface area contributed by atoms with Gasteiger partial charge in [-0.15, -0.1) is 0 Å². The second-order valence-corrected chi connectivity index (χ2v) is 4.83. The minimum absolute atomic E-state index is 0.0441. The molecule has 0 aliphatic heterocycles. The average molecular weight is 297 g/mol. The van der Waals surface area contributed by atoms with Gasteiger partial charge in [-0.1, -0.05) is 0 Å². The Kier molecular flexibility index (Phi) is 3.42. The number of hydrogen-bond donors (Lipinski definition) is 1. The number of anilines is 1. The van der Waals surface area contributed by atoms with Crippen LogP contribution in [-0.2, 0) is 7.05 Å². The molecular weight excluding hydrogens is 285 g/mol. The van der Waals surface area contributed by atoms with E-state index in [0.717, 1.165) is 6.07 Å². The lowest BCUT2D eigenvalue weighted by atomic mass is 10.1. The quantitative estimate of drug-likeness (QED) is 0.789. The highest BCUT2D eigenvalue weighted by molar-refractivity contribution is 6.05. The van der Waals surface area contributed by atoms with Crippen molar-refractivity contribution in [2.45, 2.75) is 0 Å². The first-order chi connectivity index (χ1) is 10.6. The largest absolute Gasteiger partial charge is 0.350 e. The van der Waals surface area contributed by atoms with Gasteiger partial charge in [0, 0.05) is 36.7 Å². The Morgan fingerprint density at radius 3 is 2.68 bits per heavy atom. The number of carbonyl (C=O) groups is 1. The maximum Gasteiger partial charge on any atom is 0.261 e. The number of rotatable bonds is 2. The van der Waals surface area contributed by atoms with E-state index in [1.165, 1.54) is 30.7 Å². The fraction of sp³-hybridized carbons (Fsp3) is 0.0625. The van der Waals surface area contributed by atoms with Gasteiger partial charge in [-0.3, -0.25) is 14.6 Å². The zero-order chi connectivity index (χ0) is 15.7. The molecule has 0 fully saturated rings. The highest BCUT2D eigenvalue weighted by Crippen LogP contribution is 2.13. The predicted octanol–water partition coefficient (Wildman–Crippen LogP) is 2.32. The molecular formula is C16H12FN3O2. The molecule has 0 saturated carbocycles. The Balaban J connectivity index is 2.09. The number of amides is 1. The second kappa shape index (κ2) is 5.40. The van der Waals surface area contributed by atoms with Gasteiger partial charge < -0.3 is 9.88 Å². The van der Waals surface area contributed by atoms with E-state index < -0.39 is 17.2 Å². The Bertz CT molecular complexity index is 920. The molecule has 22 heavy (non-hydrogen) atoms. The Morgan fingerprint density at radius 1 is 1.23 bits per heavy atom. The highest BCUT2D eigenvalue weighted by Gasteiger charge is 2.15. The summed E-state index contributed by atoms with van der Waals surface area (Å²) in [5, 5.41) is 2.79. The van der Waals surface area contributed by atoms with Crippen molar-refractivity contribution < 1.29 is 9.18 Å². The van der Waals surface area contributed by atoms with E-state index in [-0.39, 0.29) is 10.9 Å². The maximum absolute atomic E-state index is 13.4. The summed E-state index contributed by atoms with van der Waals surface area (Å²) in [6.45, 7) is 0. The van der Waals surface area contributed by atoms with Crippen LogP contribution in [0.25, 0.3) is 10.9 Å². The van der Waals surface area contributed by atoms with E-state index in [4.69, 9.17) is 0 Å². The summed E-state index contributed by atoms with van der Waals surface area (Å²) in [5.74, 6) is -1.06. The third-order valence-corrected chi connectivity index (χ3v) is 3.33. The fourth-order valence-electron chi connectivity index (χ4n) is 2.26. The number of halogens is 1. The smallest absolute Gasteiger partial charge is 0.261 e. The Hall–Kier alpha value is -3.02. The molecule has 1 amide bonds.